The molecule has 1 unspecified atom stereocenters. The van der Waals surface area contributed by atoms with Crippen LogP contribution >= 0.6 is 0 Å². The molecule has 207 valence electrons. The van der Waals surface area contributed by atoms with Gasteiger partial charge in [-0.3, -0.25) is 0 Å². The molecular weight excluding hydrogens is 513 g/mol. The summed E-state index contributed by atoms with van der Waals surface area (Å²) in [6, 6.07) is 29.2. The van der Waals surface area contributed by atoms with Gasteiger partial charge in [-0.05, 0) is 76.3 Å². The van der Waals surface area contributed by atoms with Gasteiger partial charge < -0.3 is 4.74 Å². The molecule has 0 aliphatic heterocycles. The van der Waals surface area contributed by atoms with E-state index in [9.17, 15) is 0 Å². The quantitative estimate of drug-likeness (QED) is 0.224. The molecule has 2 aliphatic carbocycles. The Labute approximate surface area is 248 Å². The van der Waals surface area contributed by atoms with Crippen LogP contribution in [0.25, 0.3) is 33.9 Å². The lowest BCUT2D eigenvalue weighted by Crippen LogP contribution is -2.26. The number of fused-ring (bicyclic) bond motifs is 2. The molecule has 6 rings (SSSR count). The van der Waals surface area contributed by atoms with Crippen molar-refractivity contribution in [3.63, 3.8) is 0 Å². The SMILES string of the molecule is COc1c(C(C)(C)C)cc2c(c1-c1ccccc1)C=C(C)C2C1=C(C)Cc2ccc([Si](C)C)c(-c3ccccc3)c21. The predicted molar refractivity (Wildman–Crippen MR) is 179 cm³/mol. The first-order valence-electron chi connectivity index (χ1n) is 14.8. The number of hydrogen-bond acceptors (Lipinski definition) is 1. The van der Waals surface area contributed by atoms with Crippen molar-refractivity contribution in [1.29, 1.82) is 0 Å². The number of allylic oxidation sites excluding steroid dienone is 3. The summed E-state index contributed by atoms with van der Waals surface area (Å²) >= 11 is 0. The molecule has 2 heteroatoms. The fourth-order valence-corrected chi connectivity index (χ4v) is 8.29. The minimum atomic E-state index is -0.677. The van der Waals surface area contributed by atoms with E-state index in [1.807, 2.05) is 7.11 Å². The molecular formula is C39H41OSi. The van der Waals surface area contributed by atoms with Crippen LogP contribution in [0.1, 0.15) is 68.4 Å². The molecule has 0 aromatic heterocycles. The van der Waals surface area contributed by atoms with E-state index in [2.05, 4.69) is 133 Å². The third kappa shape index (κ3) is 4.53. The fraction of sp³-hybridized carbons (Fsp3) is 0.282. The third-order valence-corrected chi connectivity index (χ3v) is 10.4. The summed E-state index contributed by atoms with van der Waals surface area (Å²) in [5.74, 6) is 1.23. The van der Waals surface area contributed by atoms with Crippen molar-refractivity contribution < 1.29 is 4.74 Å². The maximum Gasteiger partial charge on any atom is 0.131 e. The Hall–Kier alpha value is -3.62. The number of benzene rings is 4. The first kappa shape index (κ1) is 27.5. The van der Waals surface area contributed by atoms with Crippen LogP contribution in [0, 0.1) is 0 Å². The van der Waals surface area contributed by atoms with Gasteiger partial charge in [0.1, 0.15) is 5.75 Å². The second kappa shape index (κ2) is 10.3. The molecule has 41 heavy (non-hydrogen) atoms. The van der Waals surface area contributed by atoms with E-state index in [0.717, 1.165) is 12.2 Å². The van der Waals surface area contributed by atoms with Gasteiger partial charge in [0, 0.05) is 17.0 Å². The molecule has 1 radical (unpaired) electrons. The van der Waals surface area contributed by atoms with Gasteiger partial charge in [0.25, 0.3) is 0 Å². The van der Waals surface area contributed by atoms with Crippen molar-refractivity contribution in [3.05, 3.63) is 118 Å². The molecule has 1 atom stereocenters. The molecule has 4 aromatic rings. The highest BCUT2D eigenvalue weighted by Crippen LogP contribution is 2.56. The molecule has 0 N–H and O–H groups in total. The Balaban J connectivity index is 1.66. The van der Waals surface area contributed by atoms with Gasteiger partial charge in [-0.25, -0.2) is 0 Å². The van der Waals surface area contributed by atoms with E-state index in [-0.39, 0.29) is 11.3 Å². The zero-order chi connectivity index (χ0) is 29.1. The second-order valence-electron chi connectivity index (χ2n) is 13.0. The molecule has 0 saturated heterocycles. The average molecular weight is 554 g/mol. The van der Waals surface area contributed by atoms with E-state index < -0.39 is 8.80 Å². The monoisotopic (exact) mass is 553 g/mol. The lowest BCUT2D eigenvalue weighted by molar-refractivity contribution is 0.399. The van der Waals surface area contributed by atoms with Gasteiger partial charge in [0.15, 0.2) is 0 Å². The highest BCUT2D eigenvalue weighted by Gasteiger charge is 2.38. The van der Waals surface area contributed by atoms with Crippen LogP contribution in [-0.4, -0.2) is 15.9 Å². The van der Waals surface area contributed by atoms with E-state index in [0.29, 0.717) is 0 Å². The standard InChI is InChI=1S/C39H41OSi/c1-24-21-28-19-20-32(41(7)8)36(27-17-13-10-14-18-27)37(28)34(24)33-25(2)22-29-30(33)23-31(39(3,4)5)38(40-6)35(29)26-15-11-9-12-16-26/h9-20,22-23,33H,21H2,1-8H3. The molecule has 1 nitrogen and oxygen atoms in total. The first-order chi connectivity index (χ1) is 19.6. The van der Waals surface area contributed by atoms with Crippen LogP contribution in [0.5, 0.6) is 5.75 Å². The van der Waals surface area contributed by atoms with Crippen molar-refractivity contribution >= 4 is 25.6 Å². The zero-order valence-electron chi connectivity index (χ0n) is 25.8. The van der Waals surface area contributed by atoms with Crippen molar-refractivity contribution in [2.24, 2.45) is 0 Å². The molecule has 0 fully saturated rings. The Morgan fingerprint density at radius 1 is 0.780 bits per heavy atom. The lowest BCUT2D eigenvalue weighted by atomic mass is 9.77. The van der Waals surface area contributed by atoms with Gasteiger partial charge in [-0.1, -0.05) is 129 Å². The second-order valence-corrected chi connectivity index (χ2v) is 15.6. The molecule has 4 aromatic carbocycles. The summed E-state index contributed by atoms with van der Waals surface area (Å²) in [5, 5.41) is 1.53. The Morgan fingerprint density at radius 3 is 1.95 bits per heavy atom. The molecule has 0 saturated carbocycles. The maximum absolute atomic E-state index is 6.24. The van der Waals surface area contributed by atoms with E-state index in [1.165, 1.54) is 72.0 Å². The van der Waals surface area contributed by atoms with Crippen LogP contribution in [0.4, 0.5) is 0 Å². The van der Waals surface area contributed by atoms with Crippen LogP contribution in [0.3, 0.4) is 0 Å². The zero-order valence-corrected chi connectivity index (χ0v) is 26.8. The van der Waals surface area contributed by atoms with Crippen molar-refractivity contribution in [2.45, 2.75) is 65.5 Å². The number of rotatable bonds is 5. The third-order valence-electron chi connectivity index (χ3n) is 8.93. The largest absolute Gasteiger partial charge is 0.496 e. The number of ether oxygens (including phenoxy) is 1. The van der Waals surface area contributed by atoms with Crippen molar-refractivity contribution in [1.82, 2.24) is 0 Å². The maximum atomic E-state index is 6.24. The molecule has 0 heterocycles. The summed E-state index contributed by atoms with van der Waals surface area (Å²) in [4.78, 5) is 0. The smallest absolute Gasteiger partial charge is 0.131 e. The van der Waals surface area contributed by atoms with Crippen LogP contribution in [-0.2, 0) is 11.8 Å². The van der Waals surface area contributed by atoms with Gasteiger partial charge >= 0.3 is 0 Å². The highest BCUT2D eigenvalue weighted by molar-refractivity contribution is 6.72. The highest BCUT2D eigenvalue weighted by atomic mass is 28.3. The Morgan fingerprint density at radius 2 is 1.39 bits per heavy atom. The van der Waals surface area contributed by atoms with Gasteiger partial charge in [0.2, 0.25) is 0 Å². The van der Waals surface area contributed by atoms with Gasteiger partial charge in [-0.2, -0.15) is 0 Å². The molecule has 2 aliphatic rings. The topological polar surface area (TPSA) is 9.23 Å². The van der Waals surface area contributed by atoms with Crippen LogP contribution in [0.2, 0.25) is 13.1 Å². The minimum Gasteiger partial charge on any atom is -0.496 e. The first-order valence-corrected chi connectivity index (χ1v) is 17.3. The van der Waals surface area contributed by atoms with Crippen LogP contribution < -0.4 is 9.92 Å². The van der Waals surface area contributed by atoms with E-state index in [4.69, 9.17) is 4.74 Å². The van der Waals surface area contributed by atoms with E-state index in [1.54, 1.807) is 0 Å². The molecule has 0 bridgehead atoms. The lowest BCUT2D eigenvalue weighted by Gasteiger charge is -2.29. The summed E-state index contributed by atoms with van der Waals surface area (Å²) in [5.41, 5.74) is 16.5. The van der Waals surface area contributed by atoms with Gasteiger partial charge in [-0.15, -0.1) is 0 Å². The fourth-order valence-electron chi connectivity index (χ4n) is 7.10. The Bertz CT molecular complexity index is 1700. The summed E-state index contributed by atoms with van der Waals surface area (Å²) in [7, 11) is 1.15. The minimum absolute atomic E-state index is 0.0634. The number of methoxy groups -OCH3 is 1. The summed E-state index contributed by atoms with van der Waals surface area (Å²) in [6.07, 6.45) is 3.46. The molecule has 0 spiro atoms. The van der Waals surface area contributed by atoms with E-state index >= 15 is 0 Å². The van der Waals surface area contributed by atoms with Crippen LogP contribution in [0.15, 0.2) is 90.0 Å². The van der Waals surface area contributed by atoms with Gasteiger partial charge in [0.05, 0.1) is 15.9 Å². The predicted octanol–water partition coefficient (Wildman–Crippen LogP) is 9.82. The summed E-state index contributed by atoms with van der Waals surface area (Å²) < 4.78 is 6.24. The summed E-state index contributed by atoms with van der Waals surface area (Å²) in [6.45, 7) is 16.5. The average Bonchev–Trinajstić information content (AvgIpc) is 3.45. The molecule has 0 amide bonds. The van der Waals surface area contributed by atoms with Crippen molar-refractivity contribution in [2.75, 3.05) is 7.11 Å². The normalized spacial score (nSPS) is 16.2. The Kier molecular flexibility index (Phi) is 6.94. The van der Waals surface area contributed by atoms with Crippen molar-refractivity contribution in [3.8, 4) is 28.0 Å². The number of hydrogen-bond donors (Lipinski definition) is 0.